The molecule has 0 bridgehead atoms. The lowest BCUT2D eigenvalue weighted by Crippen LogP contribution is -2.52. The van der Waals surface area contributed by atoms with Gasteiger partial charge in [-0.15, -0.1) is 0 Å². The van der Waals surface area contributed by atoms with Gasteiger partial charge < -0.3 is 15.0 Å². The van der Waals surface area contributed by atoms with E-state index >= 15 is 0 Å². The first-order valence-corrected chi connectivity index (χ1v) is 6.65. The second-order valence-electron chi connectivity index (χ2n) is 4.97. The number of aliphatic carboxylic acids is 1. The van der Waals surface area contributed by atoms with E-state index in [0.717, 1.165) is 6.07 Å². The molecule has 0 saturated carbocycles. The highest BCUT2D eigenvalue weighted by molar-refractivity contribution is 5.97. The molecule has 0 aliphatic heterocycles. The predicted octanol–water partition coefficient (Wildman–Crippen LogP) is 1.79. The fraction of sp³-hybridized carbons (Fsp3) is 0.538. The molecule has 116 valence electrons. The lowest BCUT2D eigenvalue weighted by Gasteiger charge is -2.25. The average Bonchev–Trinajstić information content (AvgIpc) is 2.83. The summed E-state index contributed by atoms with van der Waals surface area (Å²) in [7, 11) is 0. The third kappa shape index (κ3) is 3.59. The summed E-state index contributed by atoms with van der Waals surface area (Å²) in [5, 5.41) is 22.5. The van der Waals surface area contributed by atoms with Crippen LogP contribution in [0.2, 0.25) is 0 Å². The zero-order chi connectivity index (χ0) is 16.2. The molecule has 8 nitrogen and oxygen atoms in total. The third-order valence-corrected chi connectivity index (χ3v) is 3.28. The molecule has 1 amide bonds. The van der Waals surface area contributed by atoms with Crippen LogP contribution in [0, 0.1) is 10.1 Å². The van der Waals surface area contributed by atoms with Crippen molar-refractivity contribution in [2.75, 3.05) is 0 Å². The van der Waals surface area contributed by atoms with Crippen molar-refractivity contribution in [3.8, 4) is 0 Å². The highest BCUT2D eigenvalue weighted by Crippen LogP contribution is 2.19. The highest BCUT2D eigenvalue weighted by Gasteiger charge is 2.35. The van der Waals surface area contributed by atoms with E-state index in [1.54, 1.807) is 6.92 Å². The Kier molecular flexibility index (Phi) is 5.07. The van der Waals surface area contributed by atoms with Crippen LogP contribution in [0.3, 0.4) is 0 Å². The Hall–Kier alpha value is -2.38. The molecule has 0 saturated heterocycles. The minimum Gasteiger partial charge on any atom is -0.480 e. The van der Waals surface area contributed by atoms with Crippen LogP contribution in [0.25, 0.3) is 0 Å². The topological polar surface area (TPSA) is 114 Å². The minimum atomic E-state index is -1.40. The van der Waals surface area contributed by atoms with Crippen molar-refractivity contribution in [2.45, 2.75) is 45.7 Å². The number of carbonyl (C=O) groups is 2. The maximum atomic E-state index is 12.2. The Morgan fingerprint density at radius 2 is 2.10 bits per heavy atom. The van der Waals surface area contributed by atoms with Gasteiger partial charge in [-0.1, -0.05) is 13.3 Å². The summed E-state index contributed by atoms with van der Waals surface area (Å²) in [6, 6.07) is 1.15. The smallest absolute Gasteiger partial charge is 0.329 e. The number of nitrogens with zero attached hydrogens (tertiary/aromatic N) is 2. The molecule has 0 aliphatic rings. The van der Waals surface area contributed by atoms with Gasteiger partial charge >= 0.3 is 5.97 Å². The van der Waals surface area contributed by atoms with Gasteiger partial charge in [-0.25, -0.2) is 4.79 Å². The van der Waals surface area contributed by atoms with Gasteiger partial charge in [0.05, 0.1) is 11.1 Å². The molecule has 0 fully saturated rings. The number of rotatable bonds is 7. The number of nitro groups is 1. The van der Waals surface area contributed by atoms with Gasteiger partial charge in [-0.2, -0.15) is 0 Å². The standard InChI is InChI=1S/C13H19N3O5/c1-4-6-13(3,12(18)19)14-11(17)10-7-9(16(20)21)8-15(10)5-2/h7-8H,4-6H2,1-3H3,(H,14,17)(H,18,19). The van der Waals surface area contributed by atoms with E-state index in [2.05, 4.69) is 5.32 Å². The molecule has 8 heteroatoms. The number of amides is 1. The van der Waals surface area contributed by atoms with Crippen molar-refractivity contribution in [2.24, 2.45) is 0 Å². The molecule has 21 heavy (non-hydrogen) atoms. The van der Waals surface area contributed by atoms with Crippen molar-refractivity contribution < 1.29 is 19.6 Å². The predicted molar refractivity (Wildman–Crippen MR) is 75.2 cm³/mol. The van der Waals surface area contributed by atoms with Crippen LogP contribution in [0.1, 0.15) is 44.1 Å². The van der Waals surface area contributed by atoms with Crippen LogP contribution < -0.4 is 5.32 Å². The van der Waals surface area contributed by atoms with E-state index in [1.807, 2.05) is 6.92 Å². The Morgan fingerprint density at radius 3 is 2.52 bits per heavy atom. The van der Waals surface area contributed by atoms with E-state index in [-0.39, 0.29) is 17.8 Å². The summed E-state index contributed by atoms with van der Waals surface area (Å²) in [6.45, 7) is 5.34. The number of carbonyl (C=O) groups excluding carboxylic acids is 1. The van der Waals surface area contributed by atoms with Crippen LogP contribution in [0.4, 0.5) is 5.69 Å². The summed E-state index contributed by atoms with van der Waals surface area (Å²) < 4.78 is 1.42. The van der Waals surface area contributed by atoms with E-state index in [0.29, 0.717) is 13.0 Å². The molecule has 0 radical (unpaired) electrons. The van der Waals surface area contributed by atoms with Crippen molar-refractivity contribution in [1.82, 2.24) is 9.88 Å². The summed E-state index contributed by atoms with van der Waals surface area (Å²) in [5.41, 5.74) is -1.52. The van der Waals surface area contributed by atoms with Crippen molar-refractivity contribution >= 4 is 17.6 Å². The molecule has 0 aromatic carbocycles. The fourth-order valence-corrected chi connectivity index (χ4v) is 2.08. The second-order valence-corrected chi connectivity index (χ2v) is 4.97. The van der Waals surface area contributed by atoms with Gasteiger partial charge in [0.2, 0.25) is 0 Å². The molecule has 2 N–H and O–H groups in total. The van der Waals surface area contributed by atoms with Gasteiger partial charge in [0.1, 0.15) is 11.2 Å². The minimum absolute atomic E-state index is 0.0766. The fourth-order valence-electron chi connectivity index (χ4n) is 2.08. The van der Waals surface area contributed by atoms with Gasteiger partial charge in [0.25, 0.3) is 11.6 Å². The number of hydrogen-bond acceptors (Lipinski definition) is 4. The summed E-state index contributed by atoms with van der Waals surface area (Å²) >= 11 is 0. The Bertz CT molecular complexity index is 566. The third-order valence-electron chi connectivity index (χ3n) is 3.28. The molecular weight excluding hydrogens is 278 g/mol. The summed E-state index contributed by atoms with van der Waals surface area (Å²) in [6.07, 6.45) is 2.11. The summed E-state index contributed by atoms with van der Waals surface area (Å²) in [4.78, 5) is 33.7. The second kappa shape index (κ2) is 6.38. The largest absolute Gasteiger partial charge is 0.480 e. The Labute approximate surface area is 121 Å². The van der Waals surface area contributed by atoms with Gasteiger partial charge in [0.15, 0.2) is 0 Å². The molecular formula is C13H19N3O5. The van der Waals surface area contributed by atoms with Crippen LogP contribution in [-0.2, 0) is 11.3 Å². The van der Waals surface area contributed by atoms with Gasteiger partial charge in [-0.3, -0.25) is 14.9 Å². The molecule has 1 atom stereocenters. The molecule has 0 spiro atoms. The normalized spacial score (nSPS) is 13.5. The van der Waals surface area contributed by atoms with E-state index < -0.39 is 22.3 Å². The number of hydrogen-bond donors (Lipinski definition) is 2. The number of carboxylic acids is 1. The SMILES string of the molecule is CCCC(C)(NC(=O)c1cc([N+](=O)[O-])cn1CC)C(=O)O. The average molecular weight is 297 g/mol. The molecule has 1 aromatic rings. The first-order valence-electron chi connectivity index (χ1n) is 6.65. The Balaban J connectivity index is 3.08. The van der Waals surface area contributed by atoms with Gasteiger partial charge in [-0.05, 0) is 20.3 Å². The monoisotopic (exact) mass is 297 g/mol. The van der Waals surface area contributed by atoms with Crippen LogP contribution >= 0.6 is 0 Å². The maximum absolute atomic E-state index is 12.2. The van der Waals surface area contributed by atoms with Crippen LogP contribution in [0.5, 0.6) is 0 Å². The zero-order valence-electron chi connectivity index (χ0n) is 12.3. The lowest BCUT2D eigenvalue weighted by atomic mass is 9.96. The summed E-state index contributed by atoms with van der Waals surface area (Å²) in [5.74, 6) is -1.77. The van der Waals surface area contributed by atoms with Crippen LogP contribution in [0.15, 0.2) is 12.3 Å². The van der Waals surface area contributed by atoms with Gasteiger partial charge in [0, 0.05) is 12.6 Å². The zero-order valence-corrected chi connectivity index (χ0v) is 12.3. The number of carboxylic acid groups (broad SMARTS) is 1. The van der Waals surface area contributed by atoms with Crippen molar-refractivity contribution in [1.29, 1.82) is 0 Å². The van der Waals surface area contributed by atoms with E-state index in [9.17, 15) is 24.8 Å². The maximum Gasteiger partial charge on any atom is 0.329 e. The van der Waals surface area contributed by atoms with Crippen LogP contribution in [-0.4, -0.2) is 32.0 Å². The molecule has 1 rings (SSSR count). The number of aromatic nitrogens is 1. The first kappa shape index (κ1) is 16.7. The van der Waals surface area contributed by atoms with Crippen molar-refractivity contribution in [3.63, 3.8) is 0 Å². The highest BCUT2D eigenvalue weighted by atomic mass is 16.6. The van der Waals surface area contributed by atoms with E-state index in [4.69, 9.17) is 0 Å². The molecule has 1 heterocycles. The lowest BCUT2D eigenvalue weighted by molar-refractivity contribution is -0.384. The quantitative estimate of drug-likeness (QED) is 0.588. The molecule has 1 unspecified atom stereocenters. The Morgan fingerprint density at radius 1 is 1.48 bits per heavy atom. The first-order chi connectivity index (χ1) is 9.75. The number of nitrogens with one attached hydrogen (secondary N) is 1. The van der Waals surface area contributed by atoms with Crippen molar-refractivity contribution in [3.05, 3.63) is 28.1 Å². The molecule has 0 aliphatic carbocycles. The van der Waals surface area contributed by atoms with E-state index in [1.165, 1.54) is 17.7 Å². The number of aryl methyl sites for hydroxylation is 1. The molecule has 1 aromatic heterocycles.